The molecule has 0 saturated carbocycles. The van der Waals surface area contributed by atoms with E-state index in [0.717, 1.165) is 27.8 Å². The summed E-state index contributed by atoms with van der Waals surface area (Å²) in [5, 5.41) is 0.417. The normalized spacial score (nSPS) is 11.1. The Morgan fingerprint density at radius 3 is 1.68 bits per heavy atom. The number of nitrogens with zero attached hydrogens (tertiary/aromatic N) is 1. The Labute approximate surface area is 223 Å². The summed E-state index contributed by atoms with van der Waals surface area (Å²) in [4.78, 5) is 4.47. The number of pyridine rings is 1. The fourth-order valence-electron chi connectivity index (χ4n) is 3.70. The highest BCUT2D eigenvalue weighted by atomic mass is 35.5. The predicted octanol–water partition coefficient (Wildman–Crippen LogP) is 6.94. The van der Waals surface area contributed by atoms with Crippen molar-refractivity contribution in [3.05, 3.63) is 130 Å². The van der Waals surface area contributed by atoms with Gasteiger partial charge in [-0.05, 0) is 35.2 Å². The molecule has 5 nitrogen and oxygen atoms in total. The van der Waals surface area contributed by atoms with E-state index >= 15 is 0 Å². The minimum atomic E-state index is -0.273. The van der Waals surface area contributed by atoms with E-state index in [2.05, 4.69) is 4.98 Å². The van der Waals surface area contributed by atoms with Gasteiger partial charge in [-0.15, -0.1) is 0 Å². The highest BCUT2D eigenvalue weighted by molar-refractivity contribution is 6.30. The van der Waals surface area contributed by atoms with Crippen LogP contribution >= 0.6 is 11.6 Å². The van der Waals surface area contributed by atoms with Crippen LogP contribution in [0.1, 0.15) is 27.8 Å². The van der Waals surface area contributed by atoms with Crippen LogP contribution in [0.2, 0.25) is 5.15 Å². The summed E-state index contributed by atoms with van der Waals surface area (Å²) in [7, 11) is 0. The van der Waals surface area contributed by atoms with Crippen LogP contribution in [0.5, 0.6) is 5.88 Å². The van der Waals surface area contributed by atoms with Crippen LogP contribution in [-0.4, -0.2) is 24.3 Å². The fraction of sp³-hybridized carbons (Fsp3) is 0.258. The van der Waals surface area contributed by atoms with Crippen molar-refractivity contribution in [1.29, 1.82) is 0 Å². The van der Waals surface area contributed by atoms with Gasteiger partial charge in [-0.1, -0.05) is 103 Å². The van der Waals surface area contributed by atoms with Crippen LogP contribution in [0.3, 0.4) is 0 Å². The molecule has 3 aromatic carbocycles. The number of ether oxygens (including phenoxy) is 4. The van der Waals surface area contributed by atoms with Gasteiger partial charge in [-0.25, -0.2) is 4.98 Å². The molecule has 0 unspecified atom stereocenters. The summed E-state index contributed by atoms with van der Waals surface area (Å²) < 4.78 is 24.3. The molecule has 0 N–H and O–H groups in total. The molecule has 0 bridgehead atoms. The molecule has 0 saturated heterocycles. The summed E-state index contributed by atoms with van der Waals surface area (Å²) in [5.41, 5.74) is 4.97. The third-order valence-electron chi connectivity index (χ3n) is 5.71. The van der Waals surface area contributed by atoms with Crippen LogP contribution in [0.15, 0.2) is 97.1 Å². The number of benzene rings is 3. The second-order valence-electron chi connectivity index (χ2n) is 8.77. The average Bonchev–Trinajstić information content (AvgIpc) is 2.94. The molecule has 4 aromatic rings. The number of aryl methyl sites for hydroxylation is 1. The van der Waals surface area contributed by atoms with E-state index in [4.69, 9.17) is 30.5 Å². The Hall–Kier alpha value is -3.22. The maximum absolute atomic E-state index is 6.31. The summed E-state index contributed by atoms with van der Waals surface area (Å²) in [6, 6.07) is 32.1. The largest absolute Gasteiger partial charge is 0.472 e. The van der Waals surface area contributed by atoms with Crippen molar-refractivity contribution in [3.8, 4) is 5.88 Å². The second-order valence-corrected chi connectivity index (χ2v) is 9.13. The molecule has 0 amide bonds. The van der Waals surface area contributed by atoms with Crippen LogP contribution in [0.4, 0.5) is 0 Å². The van der Waals surface area contributed by atoms with E-state index in [-0.39, 0.29) is 6.10 Å². The van der Waals surface area contributed by atoms with Gasteiger partial charge in [0.15, 0.2) is 0 Å². The molecule has 1 aromatic heterocycles. The first-order valence-electron chi connectivity index (χ1n) is 12.3. The van der Waals surface area contributed by atoms with Crippen molar-refractivity contribution >= 4 is 11.6 Å². The number of rotatable bonds is 14. The van der Waals surface area contributed by atoms with E-state index < -0.39 is 0 Å². The van der Waals surface area contributed by atoms with Gasteiger partial charge >= 0.3 is 0 Å². The van der Waals surface area contributed by atoms with Crippen molar-refractivity contribution in [1.82, 2.24) is 4.98 Å². The molecule has 0 radical (unpaired) electrons. The smallest absolute Gasteiger partial charge is 0.220 e. The molecule has 37 heavy (non-hydrogen) atoms. The number of hydrogen-bond donors (Lipinski definition) is 0. The lowest BCUT2D eigenvalue weighted by Gasteiger charge is -2.20. The van der Waals surface area contributed by atoms with E-state index in [9.17, 15) is 0 Å². The maximum Gasteiger partial charge on any atom is 0.220 e. The zero-order valence-corrected chi connectivity index (χ0v) is 21.8. The van der Waals surface area contributed by atoms with Gasteiger partial charge in [-0.2, -0.15) is 0 Å². The molecule has 0 atom stereocenters. The van der Waals surface area contributed by atoms with Gasteiger partial charge in [0.1, 0.15) is 17.9 Å². The van der Waals surface area contributed by atoms with Gasteiger partial charge in [0.25, 0.3) is 0 Å². The van der Waals surface area contributed by atoms with Crippen molar-refractivity contribution < 1.29 is 18.9 Å². The topological polar surface area (TPSA) is 49.8 Å². The van der Waals surface area contributed by atoms with Crippen molar-refractivity contribution in [2.75, 3.05) is 13.2 Å². The lowest BCUT2D eigenvalue weighted by atomic mass is 10.2. The first-order chi connectivity index (χ1) is 18.2. The third kappa shape index (κ3) is 8.99. The Balaban J connectivity index is 1.38. The summed E-state index contributed by atoms with van der Waals surface area (Å²) in [6.45, 7) is 4.41. The monoisotopic (exact) mass is 517 g/mol. The van der Waals surface area contributed by atoms with Crippen molar-refractivity contribution in [2.45, 2.75) is 39.5 Å². The molecule has 192 valence electrons. The first-order valence-corrected chi connectivity index (χ1v) is 12.7. The Kier molecular flexibility index (Phi) is 10.5. The first kappa shape index (κ1) is 26.8. The highest BCUT2D eigenvalue weighted by Crippen LogP contribution is 2.25. The van der Waals surface area contributed by atoms with Gasteiger partial charge in [-0.3, -0.25) is 0 Å². The number of hydrogen-bond acceptors (Lipinski definition) is 5. The third-order valence-corrected chi connectivity index (χ3v) is 6.10. The molecular formula is C31H32ClNO4. The summed E-state index contributed by atoms with van der Waals surface area (Å²) in [5.74, 6) is 0.466. The van der Waals surface area contributed by atoms with Crippen LogP contribution in [0.25, 0.3) is 0 Å². The summed E-state index contributed by atoms with van der Waals surface area (Å²) in [6.07, 6.45) is -0.273. The maximum atomic E-state index is 6.31. The SMILES string of the molecule is Cc1cc(COC(COCc2ccccc2)COCc2ccccc2)c(OCc2ccccc2)nc1Cl. The van der Waals surface area contributed by atoms with Gasteiger partial charge in [0, 0.05) is 5.56 Å². The number of halogens is 1. The van der Waals surface area contributed by atoms with Gasteiger partial charge in [0.2, 0.25) is 5.88 Å². The van der Waals surface area contributed by atoms with E-state index in [1.54, 1.807) is 0 Å². The molecule has 0 aliphatic rings. The molecule has 0 spiro atoms. The molecule has 0 aliphatic heterocycles. The molecule has 0 aliphatic carbocycles. The molecule has 0 fully saturated rings. The van der Waals surface area contributed by atoms with Gasteiger partial charge < -0.3 is 18.9 Å². The Bertz CT molecular complexity index is 1160. The van der Waals surface area contributed by atoms with Gasteiger partial charge in [0.05, 0.1) is 33.0 Å². The summed E-state index contributed by atoms with van der Waals surface area (Å²) >= 11 is 6.31. The van der Waals surface area contributed by atoms with Crippen LogP contribution in [0, 0.1) is 6.92 Å². The molecule has 1 heterocycles. The fourth-order valence-corrected chi connectivity index (χ4v) is 3.83. The Morgan fingerprint density at radius 2 is 1.16 bits per heavy atom. The Morgan fingerprint density at radius 1 is 0.676 bits per heavy atom. The average molecular weight is 518 g/mol. The van der Waals surface area contributed by atoms with E-state index in [1.165, 1.54) is 0 Å². The lowest BCUT2D eigenvalue weighted by Crippen LogP contribution is -2.26. The molecular weight excluding hydrogens is 486 g/mol. The van der Waals surface area contributed by atoms with Crippen molar-refractivity contribution in [3.63, 3.8) is 0 Å². The second kappa shape index (κ2) is 14.5. The zero-order valence-electron chi connectivity index (χ0n) is 21.0. The predicted molar refractivity (Wildman–Crippen MR) is 146 cm³/mol. The minimum absolute atomic E-state index is 0.273. The van der Waals surface area contributed by atoms with Crippen molar-refractivity contribution in [2.24, 2.45) is 0 Å². The van der Waals surface area contributed by atoms with E-state index in [0.29, 0.717) is 50.7 Å². The lowest BCUT2D eigenvalue weighted by molar-refractivity contribution is -0.0734. The minimum Gasteiger partial charge on any atom is -0.472 e. The highest BCUT2D eigenvalue weighted by Gasteiger charge is 2.16. The van der Waals surface area contributed by atoms with Crippen LogP contribution < -0.4 is 4.74 Å². The van der Waals surface area contributed by atoms with E-state index in [1.807, 2.05) is 104 Å². The number of aromatic nitrogens is 1. The zero-order chi connectivity index (χ0) is 25.7. The molecule has 4 rings (SSSR count). The standard InChI is InChI=1S/C31H32ClNO4/c1-24-17-28(31(33-30(24)32)37-20-27-15-9-4-10-16-27)21-36-29(22-34-18-25-11-5-2-6-12-25)23-35-19-26-13-7-3-8-14-26/h2-17,29H,18-23H2,1H3. The van der Waals surface area contributed by atoms with Crippen LogP contribution in [-0.2, 0) is 40.6 Å². The molecule has 6 heteroatoms. The quantitative estimate of drug-likeness (QED) is 0.169.